The van der Waals surface area contributed by atoms with Crippen LogP contribution in [0.5, 0.6) is 11.5 Å². The largest absolute Gasteiger partial charge is 0.497 e. The Balaban J connectivity index is 1.61. The number of methoxy groups -OCH3 is 1. The van der Waals surface area contributed by atoms with Crippen molar-refractivity contribution in [3.05, 3.63) is 83.9 Å². The molecule has 156 valence electrons. The normalized spacial score (nSPS) is 11.6. The molecule has 30 heavy (non-hydrogen) atoms. The second kappa shape index (κ2) is 10.7. The molecule has 0 saturated heterocycles. The molecule has 1 atom stereocenters. The summed E-state index contributed by atoms with van der Waals surface area (Å²) in [7, 11) is 1.61. The number of ether oxygens (including phenoxy) is 2. The molecule has 0 spiro atoms. The van der Waals surface area contributed by atoms with Crippen LogP contribution in [0, 0.1) is 6.92 Å². The summed E-state index contributed by atoms with van der Waals surface area (Å²) < 4.78 is 11.1. The van der Waals surface area contributed by atoms with E-state index in [-0.39, 0.29) is 5.91 Å². The molecular formula is C25H27NO3S. The van der Waals surface area contributed by atoms with E-state index in [2.05, 4.69) is 29.6 Å². The van der Waals surface area contributed by atoms with Crippen molar-refractivity contribution >= 4 is 23.4 Å². The number of hydrogen-bond acceptors (Lipinski definition) is 4. The number of anilines is 1. The van der Waals surface area contributed by atoms with Crippen molar-refractivity contribution < 1.29 is 14.3 Å². The fourth-order valence-corrected chi connectivity index (χ4v) is 3.88. The average molecular weight is 422 g/mol. The van der Waals surface area contributed by atoms with E-state index in [4.69, 9.17) is 9.47 Å². The molecule has 1 amide bonds. The van der Waals surface area contributed by atoms with Crippen molar-refractivity contribution in [2.75, 3.05) is 12.4 Å². The van der Waals surface area contributed by atoms with E-state index in [9.17, 15) is 4.79 Å². The lowest BCUT2D eigenvalue weighted by Crippen LogP contribution is -2.32. The van der Waals surface area contributed by atoms with Gasteiger partial charge in [-0.25, -0.2) is 0 Å². The molecule has 0 aliphatic carbocycles. The molecule has 3 aromatic rings. The highest BCUT2D eigenvalue weighted by Gasteiger charge is 2.19. The molecule has 0 bridgehead atoms. The predicted molar refractivity (Wildman–Crippen MR) is 124 cm³/mol. The average Bonchev–Trinajstić information content (AvgIpc) is 2.78. The van der Waals surface area contributed by atoms with Crippen molar-refractivity contribution in [2.45, 2.75) is 37.0 Å². The summed E-state index contributed by atoms with van der Waals surface area (Å²) in [6.07, 6.45) is -0.0155. The van der Waals surface area contributed by atoms with Gasteiger partial charge in [-0.2, -0.15) is 0 Å². The Hall–Kier alpha value is -2.92. The Morgan fingerprint density at radius 2 is 1.77 bits per heavy atom. The Kier molecular flexibility index (Phi) is 7.80. The van der Waals surface area contributed by atoms with E-state index in [1.54, 1.807) is 24.9 Å². The molecule has 0 radical (unpaired) electrons. The molecule has 1 N–H and O–H groups in total. The molecule has 0 aliphatic rings. The second-order valence-electron chi connectivity index (χ2n) is 6.93. The summed E-state index contributed by atoms with van der Waals surface area (Å²) in [5.74, 6) is 2.04. The lowest BCUT2D eigenvalue weighted by molar-refractivity contribution is -0.122. The molecule has 0 saturated carbocycles. The molecule has 4 nitrogen and oxygen atoms in total. The minimum absolute atomic E-state index is 0.158. The van der Waals surface area contributed by atoms with Gasteiger partial charge < -0.3 is 14.8 Å². The van der Waals surface area contributed by atoms with Crippen LogP contribution in [0.4, 0.5) is 5.69 Å². The number of hydrogen-bond donors (Lipinski definition) is 1. The summed E-state index contributed by atoms with van der Waals surface area (Å²) in [6, 6.07) is 23.8. The number of nitrogens with one attached hydrogen (secondary N) is 1. The first-order valence-corrected chi connectivity index (χ1v) is 11.0. The summed E-state index contributed by atoms with van der Waals surface area (Å²) in [5.41, 5.74) is 3.06. The minimum atomic E-state index is -0.579. The second-order valence-corrected chi connectivity index (χ2v) is 7.98. The third-order valence-corrected chi connectivity index (χ3v) is 5.76. The highest BCUT2D eigenvalue weighted by Crippen LogP contribution is 2.26. The number of amides is 1. The Morgan fingerprint density at radius 1 is 1.00 bits per heavy atom. The lowest BCUT2D eigenvalue weighted by Gasteiger charge is -2.18. The van der Waals surface area contributed by atoms with Crippen molar-refractivity contribution in [3.63, 3.8) is 0 Å². The van der Waals surface area contributed by atoms with Gasteiger partial charge in [-0.15, -0.1) is 11.8 Å². The van der Waals surface area contributed by atoms with E-state index in [1.807, 2.05) is 56.3 Å². The van der Waals surface area contributed by atoms with Crippen LogP contribution in [0.2, 0.25) is 0 Å². The zero-order chi connectivity index (χ0) is 21.3. The molecule has 5 heteroatoms. The number of benzene rings is 3. The summed E-state index contributed by atoms with van der Waals surface area (Å²) in [5, 5.41) is 3.01. The van der Waals surface area contributed by atoms with Gasteiger partial charge in [0.2, 0.25) is 0 Å². The van der Waals surface area contributed by atoms with Crippen LogP contribution in [0.3, 0.4) is 0 Å². The monoisotopic (exact) mass is 421 g/mol. The van der Waals surface area contributed by atoms with Gasteiger partial charge in [-0.3, -0.25) is 4.79 Å². The van der Waals surface area contributed by atoms with Gasteiger partial charge in [0.15, 0.2) is 6.10 Å². The highest BCUT2D eigenvalue weighted by atomic mass is 32.2. The standard InChI is InChI=1S/C25H27NO3S/c1-4-24(29-21-10-8-9-20(16-21)28-3)25(27)26-23-14-13-19(15-18(23)2)17-30-22-11-6-5-7-12-22/h5-16,24H,4,17H2,1-3H3,(H,26,27). The fourth-order valence-electron chi connectivity index (χ4n) is 3.01. The van der Waals surface area contributed by atoms with Crippen molar-refractivity contribution in [1.29, 1.82) is 0 Å². The first kappa shape index (κ1) is 21.8. The molecule has 0 fully saturated rings. The number of carbonyl (C=O) groups excluding carboxylic acids is 1. The van der Waals surface area contributed by atoms with E-state index >= 15 is 0 Å². The van der Waals surface area contributed by atoms with Crippen molar-refractivity contribution in [3.8, 4) is 11.5 Å². The van der Waals surface area contributed by atoms with Crippen LogP contribution >= 0.6 is 11.8 Å². The SMILES string of the molecule is CCC(Oc1cccc(OC)c1)C(=O)Nc1ccc(CSc2ccccc2)cc1C. The molecule has 0 heterocycles. The Morgan fingerprint density at radius 3 is 2.47 bits per heavy atom. The topological polar surface area (TPSA) is 47.6 Å². The number of thioether (sulfide) groups is 1. The van der Waals surface area contributed by atoms with Crippen molar-refractivity contribution in [2.24, 2.45) is 0 Å². The minimum Gasteiger partial charge on any atom is -0.497 e. The van der Waals surface area contributed by atoms with E-state index < -0.39 is 6.10 Å². The summed E-state index contributed by atoms with van der Waals surface area (Å²) in [6.45, 7) is 3.94. The summed E-state index contributed by atoms with van der Waals surface area (Å²) >= 11 is 1.80. The smallest absolute Gasteiger partial charge is 0.265 e. The van der Waals surface area contributed by atoms with E-state index in [1.165, 1.54) is 10.5 Å². The molecular weight excluding hydrogens is 394 g/mol. The van der Waals surface area contributed by atoms with Crippen LogP contribution in [-0.4, -0.2) is 19.1 Å². The Bertz CT molecular complexity index is 975. The fraction of sp³-hybridized carbons (Fsp3) is 0.240. The molecule has 0 aliphatic heterocycles. The van der Waals surface area contributed by atoms with Gasteiger partial charge in [0.1, 0.15) is 11.5 Å². The van der Waals surface area contributed by atoms with Gasteiger partial charge in [-0.1, -0.05) is 43.3 Å². The molecule has 3 rings (SSSR count). The first-order valence-electron chi connectivity index (χ1n) is 9.98. The van der Waals surface area contributed by atoms with Gasteiger partial charge in [0, 0.05) is 22.4 Å². The maximum absolute atomic E-state index is 12.8. The maximum atomic E-state index is 12.8. The van der Waals surface area contributed by atoms with Gasteiger partial charge in [0.25, 0.3) is 5.91 Å². The van der Waals surface area contributed by atoms with E-state index in [0.717, 1.165) is 17.0 Å². The van der Waals surface area contributed by atoms with Crippen LogP contribution < -0.4 is 14.8 Å². The van der Waals surface area contributed by atoms with Crippen LogP contribution in [0.25, 0.3) is 0 Å². The number of rotatable bonds is 9. The quantitative estimate of drug-likeness (QED) is 0.425. The lowest BCUT2D eigenvalue weighted by atomic mass is 10.1. The maximum Gasteiger partial charge on any atom is 0.265 e. The van der Waals surface area contributed by atoms with Crippen molar-refractivity contribution in [1.82, 2.24) is 0 Å². The molecule has 0 aromatic heterocycles. The van der Waals surface area contributed by atoms with Gasteiger partial charge in [-0.05, 0) is 54.8 Å². The predicted octanol–water partition coefficient (Wildman–Crippen LogP) is 6.09. The zero-order valence-corrected chi connectivity index (χ0v) is 18.4. The number of carbonyl (C=O) groups is 1. The van der Waals surface area contributed by atoms with Crippen LogP contribution in [0.15, 0.2) is 77.7 Å². The zero-order valence-electron chi connectivity index (χ0n) is 17.6. The first-order chi connectivity index (χ1) is 14.6. The summed E-state index contributed by atoms with van der Waals surface area (Å²) in [4.78, 5) is 14.0. The molecule has 3 aromatic carbocycles. The van der Waals surface area contributed by atoms with Gasteiger partial charge >= 0.3 is 0 Å². The third kappa shape index (κ3) is 6.04. The highest BCUT2D eigenvalue weighted by molar-refractivity contribution is 7.98. The van der Waals surface area contributed by atoms with Gasteiger partial charge in [0.05, 0.1) is 7.11 Å². The molecule has 1 unspecified atom stereocenters. The number of aryl methyl sites for hydroxylation is 1. The van der Waals surface area contributed by atoms with E-state index in [0.29, 0.717) is 17.9 Å². The third-order valence-electron chi connectivity index (χ3n) is 4.68. The van der Waals surface area contributed by atoms with Crippen LogP contribution in [-0.2, 0) is 10.5 Å². The van der Waals surface area contributed by atoms with Crippen LogP contribution in [0.1, 0.15) is 24.5 Å². The Labute approximate surface area is 182 Å².